The van der Waals surface area contributed by atoms with E-state index in [-0.39, 0.29) is 18.0 Å². The van der Waals surface area contributed by atoms with Crippen molar-refractivity contribution in [1.82, 2.24) is 0 Å². The second-order valence-electron chi connectivity index (χ2n) is 2.95. The average Bonchev–Trinajstić information content (AvgIpc) is 1.84. The first-order chi connectivity index (χ1) is 5.77. The van der Waals surface area contributed by atoms with Gasteiger partial charge in [-0.15, -0.1) is 0 Å². The molecule has 76 valence electrons. The van der Waals surface area contributed by atoms with Crippen molar-refractivity contribution in [3.05, 3.63) is 11.4 Å². The summed E-state index contributed by atoms with van der Waals surface area (Å²) in [6.07, 6.45) is 0.0833. The van der Waals surface area contributed by atoms with Crippen LogP contribution >= 0.6 is 0 Å². The number of Topliss-reactive ketones (excluding diaryl/α,β-unsaturated/α-hetero) is 2. The molecule has 0 rings (SSSR count). The predicted molar refractivity (Wildman–Crippen MR) is 52.7 cm³/mol. The van der Waals surface area contributed by atoms with Crippen LogP contribution in [0, 0.1) is 0 Å². The van der Waals surface area contributed by atoms with Crippen LogP contribution in [0.5, 0.6) is 0 Å². The molecule has 0 aliphatic heterocycles. The molecule has 0 amide bonds. The first-order valence-corrected chi connectivity index (χ1v) is 3.94. The van der Waals surface area contributed by atoms with Gasteiger partial charge in [-0.2, -0.15) is 0 Å². The number of allylic oxidation sites excluding steroid dienone is 2. The highest BCUT2D eigenvalue weighted by Crippen LogP contribution is 1.82. The van der Waals surface area contributed by atoms with Gasteiger partial charge in [0, 0.05) is 11.4 Å². The third-order valence-electron chi connectivity index (χ3n) is 1.12. The maximum absolute atomic E-state index is 10.0. The van der Waals surface area contributed by atoms with E-state index in [0.29, 0.717) is 11.4 Å². The number of hydrogen-bond donors (Lipinski definition) is 2. The molecule has 0 saturated heterocycles. The van der Waals surface area contributed by atoms with Crippen LogP contribution in [0.3, 0.4) is 0 Å². The van der Waals surface area contributed by atoms with E-state index in [4.69, 9.17) is 11.5 Å². The minimum absolute atomic E-state index is 0.0625. The Balaban J connectivity index is 0. The summed E-state index contributed by atoms with van der Waals surface area (Å²) in [5, 5.41) is 0. The Bertz CT molecular complexity index is 190. The zero-order valence-corrected chi connectivity index (χ0v) is 8.68. The fourth-order valence-corrected chi connectivity index (χ4v) is 0.351. The van der Waals surface area contributed by atoms with Gasteiger partial charge in [0.05, 0.1) is 6.42 Å². The Labute approximate surface area is 79.0 Å². The molecule has 0 fully saturated rings. The lowest BCUT2D eigenvalue weighted by atomic mass is 10.2. The molecule has 0 atom stereocenters. The van der Waals surface area contributed by atoms with Crippen LogP contribution in [0.2, 0.25) is 0 Å². The Kier molecular flexibility index (Phi) is 8.02. The van der Waals surface area contributed by atoms with Gasteiger partial charge in [0.2, 0.25) is 0 Å². The molecule has 0 unspecified atom stereocenters. The monoisotopic (exact) mass is 186 g/mol. The molecule has 0 radical (unpaired) electrons. The fourth-order valence-electron chi connectivity index (χ4n) is 0.351. The van der Waals surface area contributed by atoms with E-state index in [1.807, 2.05) is 0 Å². The largest absolute Gasteiger partial charge is 0.401 e. The van der Waals surface area contributed by atoms with Gasteiger partial charge in [0.15, 0.2) is 0 Å². The summed E-state index contributed by atoms with van der Waals surface area (Å²) in [6, 6.07) is 0. The maximum atomic E-state index is 10.0. The third-order valence-corrected chi connectivity index (χ3v) is 1.12. The molecule has 0 aromatic carbocycles. The molecular formula is C9H18N2O2. The van der Waals surface area contributed by atoms with E-state index in [9.17, 15) is 9.59 Å². The first kappa shape index (κ1) is 14.2. The molecule has 0 saturated carbocycles. The highest BCUT2D eigenvalue weighted by Gasteiger charge is 1.94. The van der Waals surface area contributed by atoms with Gasteiger partial charge in [0.25, 0.3) is 0 Å². The van der Waals surface area contributed by atoms with Crippen molar-refractivity contribution in [3.8, 4) is 0 Å². The Hall–Kier alpha value is -1.32. The van der Waals surface area contributed by atoms with E-state index in [0.717, 1.165) is 0 Å². The van der Waals surface area contributed by atoms with Crippen LogP contribution in [-0.2, 0) is 9.59 Å². The topological polar surface area (TPSA) is 86.2 Å². The van der Waals surface area contributed by atoms with E-state index >= 15 is 0 Å². The summed E-state index contributed by atoms with van der Waals surface area (Å²) >= 11 is 0. The number of rotatable bonds is 2. The van der Waals surface area contributed by atoms with E-state index in [1.165, 1.54) is 13.8 Å². The summed E-state index contributed by atoms with van der Waals surface area (Å²) in [6.45, 7) is 6.35. The van der Waals surface area contributed by atoms with Gasteiger partial charge in [-0.3, -0.25) is 9.59 Å². The Morgan fingerprint density at radius 3 is 1.08 bits per heavy atom. The standard InChI is InChI=1S/C5H8O2.C4H10N2/c1-4(6)3-5(2)7;1-3(5)4(2)6/h3H2,1-2H3;5-6H2,1-2H3/b;4-3-. The maximum Gasteiger partial charge on any atom is 0.137 e. The number of nitrogens with two attached hydrogens (primary N) is 2. The zero-order valence-electron chi connectivity index (χ0n) is 8.68. The van der Waals surface area contributed by atoms with Gasteiger partial charge >= 0.3 is 0 Å². The highest BCUT2D eigenvalue weighted by molar-refractivity contribution is 5.96. The van der Waals surface area contributed by atoms with Crippen molar-refractivity contribution in [2.75, 3.05) is 0 Å². The van der Waals surface area contributed by atoms with Crippen molar-refractivity contribution in [1.29, 1.82) is 0 Å². The minimum Gasteiger partial charge on any atom is -0.401 e. The van der Waals surface area contributed by atoms with Crippen LogP contribution < -0.4 is 11.5 Å². The summed E-state index contributed by atoms with van der Waals surface area (Å²) in [5.74, 6) is -0.125. The summed E-state index contributed by atoms with van der Waals surface area (Å²) in [4.78, 5) is 20.1. The number of hydrogen-bond acceptors (Lipinski definition) is 4. The second kappa shape index (κ2) is 7.34. The predicted octanol–water partition coefficient (Wildman–Crippen LogP) is 0.710. The van der Waals surface area contributed by atoms with Crippen LogP contribution in [0.15, 0.2) is 11.4 Å². The molecule has 0 aliphatic rings. The molecular weight excluding hydrogens is 168 g/mol. The lowest BCUT2D eigenvalue weighted by Gasteiger charge is -1.89. The molecule has 0 aliphatic carbocycles. The second-order valence-corrected chi connectivity index (χ2v) is 2.95. The average molecular weight is 186 g/mol. The van der Waals surface area contributed by atoms with E-state index < -0.39 is 0 Å². The van der Waals surface area contributed by atoms with E-state index in [2.05, 4.69) is 0 Å². The molecule has 0 spiro atoms. The fraction of sp³-hybridized carbons (Fsp3) is 0.556. The van der Waals surface area contributed by atoms with Crippen LogP contribution in [0.1, 0.15) is 34.1 Å². The quantitative estimate of drug-likeness (QED) is 0.622. The molecule has 0 heterocycles. The molecule has 4 N–H and O–H groups in total. The van der Waals surface area contributed by atoms with Crippen LogP contribution in [0.4, 0.5) is 0 Å². The SMILES string of the molecule is C/C(N)=C(\C)N.CC(=O)CC(C)=O. The normalized spacial score (nSPS) is 10.8. The minimum atomic E-state index is -0.0625. The van der Waals surface area contributed by atoms with Crippen molar-refractivity contribution in [3.63, 3.8) is 0 Å². The van der Waals surface area contributed by atoms with Gasteiger partial charge in [-0.05, 0) is 27.7 Å². The molecule has 0 bridgehead atoms. The third kappa shape index (κ3) is 18.0. The number of ketones is 2. The lowest BCUT2D eigenvalue weighted by molar-refractivity contribution is -0.124. The summed E-state index contributed by atoms with van der Waals surface area (Å²) in [5.41, 5.74) is 11.8. The molecule has 4 heteroatoms. The Morgan fingerprint density at radius 1 is 0.846 bits per heavy atom. The number of carbonyl (C=O) groups is 2. The van der Waals surface area contributed by atoms with Gasteiger partial charge in [-0.1, -0.05) is 0 Å². The van der Waals surface area contributed by atoms with Crippen LogP contribution in [-0.4, -0.2) is 11.6 Å². The van der Waals surface area contributed by atoms with Gasteiger partial charge in [0.1, 0.15) is 11.6 Å². The lowest BCUT2D eigenvalue weighted by Crippen LogP contribution is -2.02. The zero-order chi connectivity index (χ0) is 11.0. The van der Waals surface area contributed by atoms with Gasteiger partial charge < -0.3 is 11.5 Å². The smallest absolute Gasteiger partial charge is 0.137 e. The van der Waals surface area contributed by atoms with E-state index in [1.54, 1.807) is 13.8 Å². The molecule has 0 aromatic rings. The Morgan fingerprint density at radius 2 is 1.08 bits per heavy atom. The first-order valence-electron chi connectivity index (χ1n) is 3.94. The molecule has 13 heavy (non-hydrogen) atoms. The van der Waals surface area contributed by atoms with Crippen molar-refractivity contribution in [2.45, 2.75) is 34.1 Å². The number of carbonyl (C=O) groups excluding carboxylic acids is 2. The molecule has 0 aromatic heterocycles. The summed E-state index contributed by atoms with van der Waals surface area (Å²) < 4.78 is 0. The van der Waals surface area contributed by atoms with Crippen molar-refractivity contribution >= 4 is 11.6 Å². The molecule has 4 nitrogen and oxygen atoms in total. The van der Waals surface area contributed by atoms with Crippen molar-refractivity contribution < 1.29 is 9.59 Å². The summed E-state index contributed by atoms with van der Waals surface area (Å²) in [7, 11) is 0. The van der Waals surface area contributed by atoms with Gasteiger partial charge in [-0.25, -0.2) is 0 Å². The highest BCUT2D eigenvalue weighted by atomic mass is 16.1. The van der Waals surface area contributed by atoms with Crippen LogP contribution in [0.25, 0.3) is 0 Å². The van der Waals surface area contributed by atoms with Crippen molar-refractivity contribution in [2.24, 2.45) is 11.5 Å².